The molecule has 0 bridgehead atoms. The quantitative estimate of drug-likeness (QED) is 0.112. The summed E-state index contributed by atoms with van der Waals surface area (Å²) in [7, 11) is 0. The van der Waals surface area contributed by atoms with Gasteiger partial charge in [-0.15, -0.1) is 0 Å². The van der Waals surface area contributed by atoms with Gasteiger partial charge in [0.05, 0.1) is 86.7 Å². The van der Waals surface area contributed by atoms with Crippen LogP contribution in [-0.4, -0.2) is 0 Å². The van der Waals surface area contributed by atoms with Crippen LogP contribution in [0.1, 0.15) is 22.3 Å². The van der Waals surface area contributed by atoms with Crippen LogP contribution < -0.4 is 0 Å². The van der Waals surface area contributed by atoms with Crippen LogP contribution in [0.2, 0.25) is 40.2 Å². The van der Waals surface area contributed by atoms with Gasteiger partial charge in [-0.3, -0.25) is 0 Å². The van der Waals surface area contributed by atoms with E-state index in [2.05, 4.69) is 88.0 Å². The highest BCUT2D eigenvalue weighted by Gasteiger charge is 2.28. The predicted octanol–water partition coefficient (Wildman–Crippen LogP) is 19.2. The Labute approximate surface area is 412 Å². The van der Waals surface area contributed by atoms with Crippen LogP contribution in [0.15, 0.2) is 66.4 Å². The number of benzene rings is 10. The summed E-state index contributed by atoms with van der Waals surface area (Å²) < 4.78 is 3.45. The summed E-state index contributed by atoms with van der Waals surface area (Å²) in [5.41, 5.74) is 0.824. The van der Waals surface area contributed by atoms with E-state index in [1.807, 2.05) is 24.3 Å². The van der Waals surface area contributed by atoms with E-state index in [9.17, 15) is 21.0 Å². The summed E-state index contributed by atoms with van der Waals surface area (Å²) >= 11 is 68.2. The molecule has 0 saturated carbocycles. The Balaban J connectivity index is 0.000000155. The SMILES string of the molecule is Clc1cc(Br)c2c(Br)cc(Cl)c3c4c(Cl)cc(Br)c5c(Br)cc(Cl)c(c1c23)c54.N#Cc1cc(Cl)c2c3c(Cl)cc(C#N)c4c(C#N)cc(Cl)c(c5c(Cl)cc(C#N)c1c25)c43. The third kappa shape index (κ3) is 5.89. The molecule has 0 aliphatic rings. The zero-order valence-electron chi connectivity index (χ0n) is 28.9. The third-order valence-corrected chi connectivity index (χ3v) is 15.4. The van der Waals surface area contributed by atoms with Crippen molar-refractivity contribution in [3.05, 3.63) is 129 Å². The second kappa shape index (κ2) is 15.4. The van der Waals surface area contributed by atoms with E-state index in [1.54, 1.807) is 0 Å². The Bertz CT molecular complexity index is 3380. The van der Waals surface area contributed by atoms with Crippen LogP contribution in [0.25, 0.3) is 86.2 Å². The number of rotatable bonds is 0. The van der Waals surface area contributed by atoms with Crippen molar-refractivity contribution in [1.82, 2.24) is 0 Å². The molecular weight excluding hydrogens is 1190 g/mol. The molecule has 0 N–H and O–H groups in total. The number of fused-ring (bicyclic) bond motifs is 4. The van der Waals surface area contributed by atoms with Gasteiger partial charge in [0.2, 0.25) is 0 Å². The van der Waals surface area contributed by atoms with Crippen molar-refractivity contribution in [3.8, 4) is 24.3 Å². The lowest BCUT2D eigenvalue weighted by atomic mass is 9.84. The topological polar surface area (TPSA) is 95.2 Å². The van der Waals surface area contributed by atoms with Crippen molar-refractivity contribution in [2.45, 2.75) is 0 Å². The van der Waals surface area contributed by atoms with E-state index in [1.165, 1.54) is 24.3 Å². The molecule has 16 heteroatoms. The van der Waals surface area contributed by atoms with Crippen molar-refractivity contribution in [1.29, 1.82) is 21.0 Å². The van der Waals surface area contributed by atoms with Crippen molar-refractivity contribution in [3.63, 3.8) is 0 Å². The predicted molar refractivity (Wildman–Crippen MR) is 265 cm³/mol. The maximum absolute atomic E-state index is 9.74. The highest BCUT2D eigenvalue weighted by atomic mass is 79.9. The molecule has 0 aliphatic carbocycles. The summed E-state index contributed by atoms with van der Waals surface area (Å²) in [6.45, 7) is 0. The second-order valence-electron chi connectivity index (χ2n) is 13.4. The van der Waals surface area contributed by atoms with Gasteiger partial charge >= 0.3 is 0 Å². The zero-order chi connectivity index (χ0) is 43.0. The molecule has 288 valence electrons. The van der Waals surface area contributed by atoms with Crippen molar-refractivity contribution < 1.29 is 0 Å². The Kier molecular flexibility index (Phi) is 10.8. The molecular formula is C44H8Br4Cl8N4. The Morgan fingerprint density at radius 1 is 0.250 bits per heavy atom. The van der Waals surface area contributed by atoms with E-state index in [4.69, 9.17) is 92.8 Å². The first kappa shape index (κ1) is 42.3. The van der Waals surface area contributed by atoms with Gasteiger partial charge in [-0.1, -0.05) is 157 Å². The lowest BCUT2D eigenvalue weighted by molar-refractivity contribution is 1.48. The Morgan fingerprint density at radius 2 is 0.417 bits per heavy atom. The average Bonchev–Trinajstić information content (AvgIpc) is 3.19. The first-order chi connectivity index (χ1) is 28.6. The van der Waals surface area contributed by atoms with Gasteiger partial charge in [-0.05, 0) is 48.5 Å². The normalized spacial score (nSPS) is 11.6. The van der Waals surface area contributed by atoms with Crippen molar-refractivity contribution >= 4 is 243 Å². The van der Waals surface area contributed by atoms with Crippen LogP contribution in [0.3, 0.4) is 0 Å². The number of hydrogen-bond acceptors (Lipinski definition) is 4. The fourth-order valence-electron chi connectivity index (χ4n) is 8.40. The number of hydrogen-bond donors (Lipinski definition) is 0. The monoisotopic (exact) mass is 1190 g/mol. The molecule has 60 heavy (non-hydrogen) atoms. The van der Waals surface area contributed by atoms with E-state index < -0.39 is 0 Å². The van der Waals surface area contributed by atoms with E-state index in [0.717, 1.165) is 61.0 Å². The standard InChI is InChI=1S/C24H4Cl4N4.C20H4Br4Cl4/c25-13-1-9(5-29)17-10(6-30)2-15(27)21-22-16(28)4-12(8-32)18-11(7-31)3-14(26)20(24(18)22)19(13)23(17)21;21-5-1-9(25)15-16-10(26)3-7(23)14-8(24)4-12(28)18(20(14)16)17-11(27)2-6(22)13(5)19(15)17/h1-4H;1-4H. The van der Waals surface area contributed by atoms with Crippen molar-refractivity contribution in [2.75, 3.05) is 0 Å². The lowest BCUT2D eigenvalue weighted by Gasteiger charge is -2.21. The zero-order valence-corrected chi connectivity index (χ0v) is 41.3. The molecule has 0 saturated heterocycles. The van der Waals surface area contributed by atoms with E-state index in [-0.39, 0.29) is 42.3 Å². The summed E-state index contributed by atoms with van der Waals surface area (Å²) in [5.74, 6) is 0. The molecule has 0 atom stereocenters. The summed E-state index contributed by atoms with van der Waals surface area (Å²) in [6, 6.07) is 21.8. The molecule has 0 heterocycles. The minimum atomic E-state index is 0.206. The van der Waals surface area contributed by atoms with E-state index >= 15 is 0 Å². The first-order valence-electron chi connectivity index (χ1n) is 16.8. The second-order valence-corrected chi connectivity index (χ2v) is 20.1. The van der Waals surface area contributed by atoms with Gasteiger partial charge in [-0.2, -0.15) is 21.0 Å². The average molecular weight is 1200 g/mol. The van der Waals surface area contributed by atoms with E-state index in [0.29, 0.717) is 63.2 Å². The van der Waals surface area contributed by atoms with Crippen LogP contribution in [0.5, 0.6) is 0 Å². The van der Waals surface area contributed by atoms with Gasteiger partial charge in [0.25, 0.3) is 0 Å². The summed E-state index contributed by atoms with van der Waals surface area (Å²) in [4.78, 5) is 0. The molecule has 10 aromatic carbocycles. The molecule has 0 aromatic heterocycles. The molecule has 0 aliphatic heterocycles. The molecule has 0 spiro atoms. The maximum atomic E-state index is 9.74. The Morgan fingerprint density at radius 3 is 0.600 bits per heavy atom. The number of nitrogens with zero attached hydrogens (tertiary/aromatic N) is 4. The maximum Gasteiger partial charge on any atom is 0.0999 e. The van der Waals surface area contributed by atoms with Gasteiger partial charge in [0.1, 0.15) is 0 Å². The van der Waals surface area contributed by atoms with Crippen molar-refractivity contribution in [2.24, 2.45) is 0 Å². The minimum absolute atomic E-state index is 0.206. The van der Waals surface area contributed by atoms with Crippen LogP contribution >= 0.6 is 157 Å². The Hall–Kier alpha value is -3.00. The molecule has 10 aromatic rings. The largest absolute Gasteiger partial charge is 0.192 e. The minimum Gasteiger partial charge on any atom is -0.192 e. The number of nitriles is 4. The highest BCUT2D eigenvalue weighted by molar-refractivity contribution is 9.11. The summed E-state index contributed by atoms with van der Waals surface area (Å²) in [5, 5.41) is 52.9. The molecule has 0 radical (unpaired) electrons. The molecule has 4 nitrogen and oxygen atoms in total. The molecule has 0 fully saturated rings. The van der Waals surface area contributed by atoms with Gasteiger partial charge in [0.15, 0.2) is 0 Å². The van der Waals surface area contributed by atoms with Gasteiger partial charge in [-0.25, -0.2) is 0 Å². The fraction of sp³-hybridized carbons (Fsp3) is 0. The molecule has 10 rings (SSSR count). The molecule has 0 unspecified atom stereocenters. The molecule has 0 amide bonds. The fourth-order valence-corrected chi connectivity index (χ4v) is 14.4. The lowest BCUT2D eigenvalue weighted by Crippen LogP contribution is -1.97. The highest BCUT2D eigenvalue weighted by Crippen LogP contribution is 2.55. The van der Waals surface area contributed by atoms with Crippen LogP contribution in [0.4, 0.5) is 0 Å². The number of halogens is 12. The smallest absolute Gasteiger partial charge is 0.0999 e. The van der Waals surface area contributed by atoms with Gasteiger partial charge < -0.3 is 0 Å². The first-order valence-corrected chi connectivity index (χ1v) is 23.0. The van der Waals surface area contributed by atoms with Crippen LogP contribution in [0, 0.1) is 45.3 Å². The third-order valence-electron chi connectivity index (χ3n) is 10.5. The van der Waals surface area contributed by atoms with Gasteiger partial charge in [0, 0.05) is 104 Å². The summed E-state index contributed by atoms with van der Waals surface area (Å²) in [6.07, 6.45) is 0. The van der Waals surface area contributed by atoms with Crippen LogP contribution in [-0.2, 0) is 0 Å².